The smallest absolute Gasteiger partial charge is 0.255 e. The molecule has 1 saturated carbocycles. The quantitative estimate of drug-likeness (QED) is 0.709. The molecule has 0 spiro atoms. The summed E-state index contributed by atoms with van der Waals surface area (Å²) in [5.41, 5.74) is 0. The Hall–Kier alpha value is -1.19. The van der Waals surface area contributed by atoms with Crippen LogP contribution < -0.4 is 4.90 Å². The Bertz CT molecular complexity index is 299. The van der Waals surface area contributed by atoms with Gasteiger partial charge >= 0.3 is 0 Å². The van der Waals surface area contributed by atoms with Gasteiger partial charge in [-0.05, 0) is 19.8 Å². The van der Waals surface area contributed by atoms with Gasteiger partial charge in [0, 0.05) is 25.0 Å². The number of hydrogen-bond acceptors (Lipinski definition) is 3. The van der Waals surface area contributed by atoms with Crippen molar-refractivity contribution in [1.82, 2.24) is 9.97 Å². The van der Waals surface area contributed by atoms with Crippen LogP contribution in [0.1, 0.15) is 19.8 Å². The first-order chi connectivity index (χ1) is 6.33. The SMILES string of the molecule is CCN(c1nccnc1F)C1CC1. The Morgan fingerprint density at radius 2 is 2.15 bits per heavy atom. The molecule has 0 saturated heterocycles. The van der Waals surface area contributed by atoms with Gasteiger partial charge in [0.15, 0.2) is 5.82 Å². The molecule has 1 heterocycles. The third kappa shape index (κ3) is 1.61. The fourth-order valence-electron chi connectivity index (χ4n) is 1.47. The Morgan fingerprint density at radius 3 is 2.69 bits per heavy atom. The lowest BCUT2D eigenvalue weighted by Crippen LogP contribution is -2.27. The van der Waals surface area contributed by atoms with Gasteiger partial charge in [0.2, 0.25) is 0 Å². The van der Waals surface area contributed by atoms with Gasteiger partial charge in [0.05, 0.1) is 0 Å². The van der Waals surface area contributed by atoms with Gasteiger partial charge in [-0.1, -0.05) is 0 Å². The molecule has 0 atom stereocenters. The van der Waals surface area contributed by atoms with Crippen molar-refractivity contribution in [3.63, 3.8) is 0 Å². The molecule has 0 amide bonds. The monoisotopic (exact) mass is 181 g/mol. The van der Waals surface area contributed by atoms with E-state index in [4.69, 9.17) is 0 Å². The van der Waals surface area contributed by atoms with Crippen molar-refractivity contribution in [2.24, 2.45) is 0 Å². The molecular weight excluding hydrogens is 169 g/mol. The van der Waals surface area contributed by atoms with Crippen molar-refractivity contribution in [2.75, 3.05) is 11.4 Å². The van der Waals surface area contributed by atoms with Crippen molar-refractivity contribution in [3.8, 4) is 0 Å². The van der Waals surface area contributed by atoms with Gasteiger partial charge in [-0.3, -0.25) is 0 Å². The lowest BCUT2D eigenvalue weighted by molar-refractivity contribution is 0.567. The summed E-state index contributed by atoms with van der Waals surface area (Å²) in [7, 11) is 0. The summed E-state index contributed by atoms with van der Waals surface area (Å²) in [6.45, 7) is 2.80. The maximum absolute atomic E-state index is 13.2. The van der Waals surface area contributed by atoms with Gasteiger partial charge in [-0.25, -0.2) is 9.97 Å². The number of aromatic nitrogens is 2. The van der Waals surface area contributed by atoms with Crippen molar-refractivity contribution < 1.29 is 4.39 Å². The average molecular weight is 181 g/mol. The number of rotatable bonds is 3. The van der Waals surface area contributed by atoms with E-state index in [-0.39, 0.29) is 0 Å². The minimum absolute atomic E-state index is 0.396. The molecular formula is C9H12FN3. The van der Waals surface area contributed by atoms with Crippen LogP contribution >= 0.6 is 0 Å². The normalized spacial score (nSPS) is 15.8. The van der Waals surface area contributed by atoms with Crippen LogP contribution in [0.5, 0.6) is 0 Å². The fourth-order valence-corrected chi connectivity index (χ4v) is 1.47. The second-order valence-corrected chi connectivity index (χ2v) is 3.19. The van der Waals surface area contributed by atoms with Crippen molar-refractivity contribution in [3.05, 3.63) is 18.3 Å². The molecule has 1 aliphatic rings. The molecule has 0 N–H and O–H groups in total. The lowest BCUT2D eigenvalue weighted by Gasteiger charge is -2.20. The molecule has 1 aromatic rings. The number of nitrogens with zero attached hydrogens (tertiary/aromatic N) is 3. The number of anilines is 1. The summed E-state index contributed by atoms with van der Waals surface area (Å²) in [5, 5.41) is 0. The molecule has 1 aliphatic carbocycles. The Morgan fingerprint density at radius 1 is 1.46 bits per heavy atom. The molecule has 0 bridgehead atoms. The number of halogens is 1. The highest BCUT2D eigenvalue weighted by Crippen LogP contribution is 2.30. The summed E-state index contributed by atoms with van der Waals surface area (Å²) in [6, 6.07) is 0.483. The molecule has 2 rings (SSSR count). The second-order valence-electron chi connectivity index (χ2n) is 3.19. The summed E-state index contributed by atoms with van der Waals surface area (Å²) in [5.74, 6) is -0.0660. The van der Waals surface area contributed by atoms with Crippen molar-refractivity contribution in [2.45, 2.75) is 25.8 Å². The topological polar surface area (TPSA) is 29.0 Å². The van der Waals surface area contributed by atoms with Gasteiger partial charge in [0.25, 0.3) is 5.95 Å². The molecule has 13 heavy (non-hydrogen) atoms. The summed E-state index contributed by atoms with van der Waals surface area (Å²) in [4.78, 5) is 9.56. The van der Waals surface area contributed by atoms with Crippen molar-refractivity contribution >= 4 is 5.82 Å². The molecule has 70 valence electrons. The van der Waals surface area contributed by atoms with Crippen LogP contribution in [-0.2, 0) is 0 Å². The molecule has 0 unspecified atom stereocenters. The second kappa shape index (κ2) is 3.28. The van der Waals surface area contributed by atoms with Crippen LogP contribution in [0.3, 0.4) is 0 Å². The van der Waals surface area contributed by atoms with E-state index < -0.39 is 5.95 Å². The maximum atomic E-state index is 13.2. The average Bonchev–Trinajstić information content (AvgIpc) is 2.93. The van der Waals surface area contributed by atoms with Gasteiger partial charge in [0.1, 0.15) is 0 Å². The van der Waals surface area contributed by atoms with E-state index >= 15 is 0 Å². The van der Waals surface area contributed by atoms with E-state index in [9.17, 15) is 4.39 Å². The first kappa shape index (κ1) is 8.41. The van der Waals surface area contributed by atoms with E-state index in [1.54, 1.807) is 0 Å². The van der Waals surface area contributed by atoms with Crippen LogP contribution in [0.4, 0.5) is 10.2 Å². The number of hydrogen-bond donors (Lipinski definition) is 0. The Kier molecular flexibility index (Phi) is 2.12. The van der Waals surface area contributed by atoms with Crippen molar-refractivity contribution in [1.29, 1.82) is 0 Å². The summed E-state index contributed by atoms with van der Waals surface area (Å²) in [6.07, 6.45) is 5.19. The van der Waals surface area contributed by atoms with Gasteiger partial charge in [-0.15, -0.1) is 0 Å². The van der Waals surface area contributed by atoms with E-state index in [1.807, 2.05) is 11.8 Å². The van der Waals surface area contributed by atoms with Gasteiger partial charge in [-0.2, -0.15) is 4.39 Å². The van der Waals surface area contributed by atoms with E-state index in [0.717, 1.165) is 19.4 Å². The third-order valence-corrected chi connectivity index (χ3v) is 2.24. The maximum Gasteiger partial charge on any atom is 0.255 e. The minimum atomic E-state index is -0.462. The molecule has 0 aromatic carbocycles. The largest absolute Gasteiger partial charge is 0.350 e. The van der Waals surface area contributed by atoms with Crippen LogP contribution in [0.2, 0.25) is 0 Å². The van der Waals surface area contributed by atoms with Crippen LogP contribution in [-0.4, -0.2) is 22.6 Å². The molecule has 1 fully saturated rings. The molecule has 0 radical (unpaired) electrons. The summed E-state index contributed by atoms with van der Waals surface area (Å²) < 4.78 is 13.2. The van der Waals surface area contributed by atoms with E-state index in [1.165, 1.54) is 12.4 Å². The predicted octanol–water partition coefficient (Wildman–Crippen LogP) is 1.60. The Balaban J connectivity index is 2.26. The zero-order valence-corrected chi connectivity index (χ0v) is 7.57. The molecule has 4 heteroatoms. The molecule has 0 aliphatic heterocycles. The predicted molar refractivity (Wildman–Crippen MR) is 48.0 cm³/mol. The van der Waals surface area contributed by atoms with Crippen LogP contribution in [0, 0.1) is 5.95 Å². The molecule has 1 aromatic heterocycles. The van der Waals surface area contributed by atoms with Gasteiger partial charge < -0.3 is 4.90 Å². The highest BCUT2D eigenvalue weighted by Gasteiger charge is 2.30. The highest BCUT2D eigenvalue weighted by molar-refractivity contribution is 5.39. The minimum Gasteiger partial charge on any atom is -0.350 e. The summed E-state index contributed by atoms with van der Waals surface area (Å²) >= 11 is 0. The highest BCUT2D eigenvalue weighted by atomic mass is 19.1. The van der Waals surface area contributed by atoms with E-state index in [0.29, 0.717) is 11.9 Å². The zero-order chi connectivity index (χ0) is 9.26. The van der Waals surface area contributed by atoms with Crippen LogP contribution in [0.15, 0.2) is 12.4 Å². The molecule has 3 nitrogen and oxygen atoms in total. The third-order valence-electron chi connectivity index (χ3n) is 2.24. The Labute approximate surface area is 76.6 Å². The van der Waals surface area contributed by atoms with E-state index in [2.05, 4.69) is 9.97 Å². The standard InChI is InChI=1S/C9H12FN3/c1-2-13(7-3-4-7)9-8(10)11-5-6-12-9/h5-7H,2-4H2,1H3. The first-order valence-corrected chi connectivity index (χ1v) is 4.56. The fraction of sp³-hybridized carbons (Fsp3) is 0.556. The van der Waals surface area contributed by atoms with Crippen LogP contribution in [0.25, 0.3) is 0 Å². The zero-order valence-electron chi connectivity index (χ0n) is 7.57. The first-order valence-electron chi connectivity index (χ1n) is 4.56. The lowest BCUT2D eigenvalue weighted by atomic mass is 10.4.